The van der Waals surface area contributed by atoms with Gasteiger partial charge >= 0.3 is 0 Å². The third kappa shape index (κ3) is 1.42. The van der Waals surface area contributed by atoms with Gasteiger partial charge in [-0.2, -0.15) is 0 Å². The van der Waals surface area contributed by atoms with Gasteiger partial charge in [-0.15, -0.1) is 0 Å². The molecule has 1 aromatic rings. The van der Waals surface area contributed by atoms with Gasteiger partial charge in [-0.1, -0.05) is 6.07 Å². The van der Waals surface area contributed by atoms with E-state index < -0.39 is 6.17 Å². The number of hydrogen-bond donors (Lipinski definition) is 4. The zero-order valence-corrected chi connectivity index (χ0v) is 6.12. The first kappa shape index (κ1) is 7.84. The summed E-state index contributed by atoms with van der Waals surface area (Å²) in [5, 5.41) is 0. The monoisotopic (exact) mass is 152 g/mol. The lowest BCUT2D eigenvalue weighted by Crippen LogP contribution is -2.22. The highest BCUT2D eigenvalue weighted by Crippen LogP contribution is 2.21. The van der Waals surface area contributed by atoms with Gasteiger partial charge in [0, 0.05) is 16.9 Å². The molecule has 1 rings (SSSR count). The Kier molecular flexibility index (Phi) is 1.98. The first-order valence-corrected chi connectivity index (χ1v) is 3.28. The summed E-state index contributed by atoms with van der Waals surface area (Å²) in [4.78, 5) is 0. The van der Waals surface area contributed by atoms with Crippen molar-refractivity contribution >= 4 is 11.4 Å². The van der Waals surface area contributed by atoms with Crippen LogP contribution in [0.4, 0.5) is 11.4 Å². The van der Waals surface area contributed by atoms with E-state index in [2.05, 4.69) is 0 Å². The van der Waals surface area contributed by atoms with Gasteiger partial charge in [-0.25, -0.2) is 0 Å². The molecule has 0 spiro atoms. The van der Waals surface area contributed by atoms with Crippen LogP contribution in [0.15, 0.2) is 18.2 Å². The maximum absolute atomic E-state index is 5.58. The number of nitrogen functional groups attached to an aromatic ring is 2. The van der Waals surface area contributed by atoms with Gasteiger partial charge in [0.25, 0.3) is 0 Å². The molecule has 4 heteroatoms. The highest BCUT2D eigenvalue weighted by atomic mass is 14.9. The lowest BCUT2D eigenvalue weighted by atomic mass is 10.1. The quantitative estimate of drug-likeness (QED) is 0.329. The minimum Gasteiger partial charge on any atom is -0.398 e. The molecule has 0 saturated carbocycles. The fourth-order valence-corrected chi connectivity index (χ4v) is 0.987. The molecule has 0 amide bonds. The minimum atomic E-state index is -0.601. The molecule has 0 fully saturated rings. The van der Waals surface area contributed by atoms with E-state index >= 15 is 0 Å². The molecule has 0 saturated heterocycles. The summed E-state index contributed by atoms with van der Waals surface area (Å²) in [7, 11) is 0. The molecule has 0 radical (unpaired) electrons. The van der Waals surface area contributed by atoms with Crippen LogP contribution >= 0.6 is 0 Å². The number of rotatable bonds is 1. The van der Waals surface area contributed by atoms with Crippen LogP contribution < -0.4 is 22.9 Å². The van der Waals surface area contributed by atoms with E-state index in [1.807, 2.05) is 0 Å². The standard InChI is InChI=1S/C7H12N4/c8-4-2-1-3-5(9)6(4)7(10)11/h1-3,7H,8-11H2. The van der Waals surface area contributed by atoms with Crippen LogP contribution in [-0.2, 0) is 0 Å². The Balaban J connectivity index is 3.21. The van der Waals surface area contributed by atoms with Crippen LogP contribution in [0.1, 0.15) is 11.7 Å². The van der Waals surface area contributed by atoms with Gasteiger partial charge in [0.2, 0.25) is 0 Å². The first-order valence-electron chi connectivity index (χ1n) is 3.28. The summed E-state index contributed by atoms with van der Waals surface area (Å²) in [6.07, 6.45) is -0.601. The van der Waals surface area contributed by atoms with Crippen LogP contribution in [-0.4, -0.2) is 0 Å². The Hall–Kier alpha value is -1.26. The van der Waals surface area contributed by atoms with E-state index in [-0.39, 0.29) is 0 Å². The molecule has 0 heterocycles. The molecule has 0 unspecified atom stereocenters. The molecule has 0 aliphatic heterocycles. The highest BCUT2D eigenvalue weighted by molar-refractivity contribution is 5.62. The Bertz CT molecular complexity index is 236. The molecule has 0 atom stereocenters. The van der Waals surface area contributed by atoms with Gasteiger partial charge in [-0.3, -0.25) is 0 Å². The van der Waals surface area contributed by atoms with Gasteiger partial charge in [-0.05, 0) is 12.1 Å². The maximum Gasteiger partial charge on any atom is 0.0825 e. The zero-order chi connectivity index (χ0) is 8.43. The second-order valence-electron chi connectivity index (χ2n) is 2.38. The molecule has 1 aromatic carbocycles. The van der Waals surface area contributed by atoms with Crippen LogP contribution in [0.3, 0.4) is 0 Å². The van der Waals surface area contributed by atoms with E-state index in [9.17, 15) is 0 Å². The van der Waals surface area contributed by atoms with Crippen LogP contribution in [0, 0.1) is 0 Å². The Labute approximate surface area is 65.2 Å². The van der Waals surface area contributed by atoms with Crippen molar-refractivity contribution in [3.63, 3.8) is 0 Å². The first-order chi connectivity index (χ1) is 5.13. The Morgan fingerprint density at radius 1 is 1.00 bits per heavy atom. The average Bonchev–Trinajstić information content (AvgIpc) is 1.85. The summed E-state index contributed by atoms with van der Waals surface area (Å²) < 4.78 is 0. The van der Waals surface area contributed by atoms with Gasteiger partial charge in [0.15, 0.2) is 0 Å². The third-order valence-corrected chi connectivity index (χ3v) is 1.51. The minimum absolute atomic E-state index is 0.542. The molecule has 0 aliphatic rings. The number of benzene rings is 1. The molecule has 0 bridgehead atoms. The molecular formula is C7H12N4. The number of nitrogens with two attached hydrogens (primary N) is 4. The van der Waals surface area contributed by atoms with E-state index in [0.29, 0.717) is 16.9 Å². The van der Waals surface area contributed by atoms with Gasteiger partial charge < -0.3 is 22.9 Å². The number of anilines is 2. The van der Waals surface area contributed by atoms with Crippen molar-refractivity contribution in [3.05, 3.63) is 23.8 Å². The molecule has 11 heavy (non-hydrogen) atoms. The largest absolute Gasteiger partial charge is 0.398 e. The van der Waals surface area contributed by atoms with Gasteiger partial charge in [0.1, 0.15) is 0 Å². The lowest BCUT2D eigenvalue weighted by molar-refractivity contribution is 0.779. The smallest absolute Gasteiger partial charge is 0.0825 e. The van der Waals surface area contributed by atoms with E-state index in [0.717, 1.165) is 0 Å². The predicted molar refractivity (Wildman–Crippen MR) is 46.4 cm³/mol. The van der Waals surface area contributed by atoms with Crippen molar-refractivity contribution in [1.82, 2.24) is 0 Å². The van der Waals surface area contributed by atoms with Crippen molar-refractivity contribution in [2.45, 2.75) is 6.17 Å². The van der Waals surface area contributed by atoms with Crippen molar-refractivity contribution < 1.29 is 0 Å². The molecular weight excluding hydrogens is 140 g/mol. The second-order valence-corrected chi connectivity index (χ2v) is 2.38. The van der Waals surface area contributed by atoms with Crippen LogP contribution in [0.5, 0.6) is 0 Å². The fourth-order valence-electron chi connectivity index (χ4n) is 0.987. The van der Waals surface area contributed by atoms with Crippen molar-refractivity contribution in [1.29, 1.82) is 0 Å². The van der Waals surface area contributed by atoms with E-state index in [1.165, 1.54) is 0 Å². The summed E-state index contributed by atoms with van der Waals surface area (Å²) in [6.45, 7) is 0. The number of hydrogen-bond acceptors (Lipinski definition) is 4. The summed E-state index contributed by atoms with van der Waals surface area (Å²) in [6, 6.07) is 5.20. The average molecular weight is 152 g/mol. The Morgan fingerprint density at radius 3 is 1.73 bits per heavy atom. The van der Waals surface area contributed by atoms with Crippen molar-refractivity contribution in [2.75, 3.05) is 11.5 Å². The molecule has 0 aliphatic carbocycles. The lowest BCUT2D eigenvalue weighted by Gasteiger charge is -2.11. The molecule has 0 aromatic heterocycles. The zero-order valence-electron chi connectivity index (χ0n) is 6.12. The van der Waals surface area contributed by atoms with E-state index in [1.54, 1.807) is 18.2 Å². The normalized spacial score (nSPS) is 10.5. The Morgan fingerprint density at radius 2 is 1.45 bits per heavy atom. The van der Waals surface area contributed by atoms with Crippen LogP contribution in [0.2, 0.25) is 0 Å². The third-order valence-electron chi connectivity index (χ3n) is 1.51. The summed E-state index contributed by atoms with van der Waals surface area (Å²) in [5.74, 6) is 0. The highest BCUT2D eigenvalue weighted by Gasteiger charge is 2.07. The van der Waals surface area contributed by atoms with Crippen LogP contribution in [0.25, 0.3) is 0 Å². The second kappa shape index (κ2) is 2.77. The summed E-state index contributed by atoms with van der Waals surface area (Å²) >= 11 is 0. The predicted octanol–water partition coefficient (Wildman–Crippen LogP) is -0.233. The topological polar surface area (TPSA) is 104 Å². The van der Waals surface area contributed by atoms with E-state index in [4.69, 9.17) is 22.9 Å². The van der Waals surface area contributed by atoms with Crippen molar-refractivity contribution in [3.8, 4) is 0 Å². The fraction of sp³-hybridized carbons (Fsp3) is 0.143. The SMILES string of the molecule is Nc1cccc(N)c1C(N)N. The molecule has 60 valence electrons. The summed E-state index contributed by atoms with van der Waals surface area (Å²) in [5.41, 5.74) is 23.7. The van der Waals surface area contributed by atoms with Crippen molar-refractivity contribution in [2.24, 2.45) is 11.5 Å². The molecule has 8 N–H and O–H groups in total. The maximum atomic E-state index is 5.58. The van der Waals surface area contributed by atoms with Gasteiger partial charge in [0.05, 0.1) is 6.17 Å². The molecule has 4 nitrogen and oxygen atoms in total.